The van der Waals surface area contributed by atoms with Crippen LogP contribution in [0.1, 0.15) is 30.4 Å². The molecule has 0 aliphatic carbocycles. The Balaban J connectivity index is 1.53. The van der Waals surface area contributed by atoms with Crippen LogP contribution in [-0.4, -0.2) is 24.1 Å². The van der Waals surface area contributed by atoms with Gasteiger partial charge >= 0.3 is 0 Å². The van der Waals surface area contributed by atoms with Gasteiger partial charge in [-0.2, -0.15) is 0 Å². The molecule has 0 spiro atoms. The molecule has 27 heavy (non-hydrogen) atoms. The van der Waals surface area contributed by atoms with Crippen molar-refractivity contribution in [2.24, 2.45) is 0 Å². The second-order valence-corrected chi connectivity index (χ2v) is 7.72. The minimum absolute atomic E-state index is 0.530. The van der Waals surface area contributed by atoms with E-state index in [-0.39, 0.29) is 0 Å². The molecule has 1 saturated heterocycles. The fourth-order valence-corrected chi connectivity index (χ4v) is 4.90. The van der Waals surface area contributed by atoms with Crippen molar-refractivity contribution in [1.82, 2.24) is 4.90 Å². The molecule has 2 heteroatoms. The van der Waals surface area contributed by atoms with Gasteiger partial charge in [-0.1, -0.05) is 66.7 Å². The van der Waals surface area contributed by atoms with Crippen LogP contribution in [0.15, 0.2) is 72.8 Å². The van der Waals surface area contributed by atoms with Crippen molar-refractivity contribution < 1.29 is 4.74 Å². The monoisotopic (exact) mass is 355 g/mol. The van der Waals surface area contributed by atoms with E-state index in [0.717, 1.165) is 18.7 Å². The lowest BCUT2D eigenvalue weighted by Crippen LogP contribution is -2.37. The molecule has 3 aromatic carbocycles. The van der Waals surface area contributed by atoms with Gasteiger partial charge in [-0.15, -0.1) is 0 Å². The zero-order valence-electron chi connectivity index (χ0n) is 15.8. The van der Waals surface area contributed by atoms with Crippen molar-refractivity contribution in [2.75, 3.05) is 7.11 Å². The van der Waals surface area contributed by atoms with Crippen molar-refractivity contribution in [3.8, 4) is 5.75 Å². The molecular formula is C25H25NO. The summed E-state index contributed by atoms with van der Waals surface area (Å²) in [6, 6.07) is 25.0. The topological polar surface area (TPSA) is 12.5 Å². The molecule has 0 aromatic heterocycles. The fraction of sp³-hybridized carbons (Fsp3) is 0.280. The smallest absolute Gasteiger partial charge is 0.126 e. The van der Waals surface area contributed by atoms with E-state index in [1.807, 2.05) is 0 Å². The maximum Gasteiger partial charge on any atom is 0.126 e. The largest absolute Gasteiger partial charge is 0.496 e. The second kappa shape index (κ2) is 6.86. The number of benzene rings is 3. The van der Waals surface area contributed by atoms with E-state index in [2.05, 4.69) is 77.7 Å². The summed E-state index contributed by atoms with van der Waals surface area (Å²) >= 11 is 0. The quantitative estimate of drug-likeness (QED) is 0.598. The third-order valence-corrected chi connectivity index (χ3v) is 6.18. The zero-order chi connectivity index (χ0) is 18.2. The summed E-state index contributed by atoms with van der Waals surface area (Å²) in [7, 11) is 1.79. The molecule has 2 aliphatic rings. The van der Waals surface area contributed by atoms with Gasteiger partial charge in [0.15, 0.2) is 0 Å². The molecule has 2 unspecified atom stereocenters. The summed E-state index contributed by atoms with van der Waals surface area (Å²) in [5.74, 6) is 0.996. The van der Waals surface area contributed by atoms with Crippen molar-refractivity contribution in [1.29, 1.82) is 0 Å². The first-order valence-electron chi connectivity index (χ1n) is 9.90. The molecular weight excluding hydrogens is 330 g/mol. The number of rotatable bonds is 4. The van der Waals surface area contributed by atoms with Crippen LogP contribution < -0.4 is 4.74 Å². The first kappa shape index (κ1) is 16.6. The molecule has 2 heterocycles. The molecule has 2 atom stereocenters. The fourth-order valence-electron chi connectivity index (χ4n) is 4.90. The molecule has 0 saturated carbocycles. The number of hydrogen-bond donors (Lipinski definition) is 0. The average molecular weight is 355 g/mol. The van der Waals surface area contributed by atoms with Crippen LogP contribution >= 0.6 is 0 Å². The summed E-state index contributed by atoms with van der Waals surface area (Å²) in [5.41, 5.74) is 4.17. The average Bonchev–Trinajstić information content (AvgIpc) is 2.95. The first-order chi connectivity index (χ1) is 13.3. The highest BCUT2D eigenvalue weighted by atomic mass is 16.5. The van der Waals surface area contributed by atoms with Crippen molar-refractivity contribution in [2.45, 2.75) is 37.9 Å². The van der Waals surface area contributed by atoms with Gasteiger partial charge in [-0.05, 0) is 47.2 Å². The minimum Gasteiger partial charge on any atom is -0.496 e. The third kappa shape index (κ3) is 2.94. The second-order valence-electron chi connectivity index (χ2n) is 7.72. The number of methoxy groups -OCH3 is 1. The highest BCUT2D eigenvalue weighted by Crippen LogP contribution is 2.43. The summed E-state index contributed by atoms with van der Waals surface area (Å²) < 4.78 is 5.77. The summed E-state index contributed by atoms with van der Waals surface area (Å²) in [4.78, 5) is 2.69. The summed E-state index contributed by atoms with van der Waals surface area (Å²) in [6.45, 7) is 1.05. The van der Waals surface area contributed by atoms with Gasteiger partial charge in [0, 0.05) is 24.2 Å². The van der Waals surface area contributed by atoms with E-state index in [4.69, 9.17) is 4.74 Å². The van der Waals surface area contributed by atoms with Crippen LogP contribution in [0.5, 0.6) is 5.75 Å². The summed E-state index contributed by atoms with van der Waals surface area (Å²) in [5, 5.41) is 2.59. The lowest BCUT2D eigenvalue weighted by atomic mass is 9.90. The maximum atomic E-state index is 5.77. The minimum atomic E-state index is 0.530. The maximum absolute atomic E-state index is 5.77. The SMILES string of the molecule is COc1ccc2ccccc2c1C1=CC2CCC(C1)N2Cc1ccccc1. The normalized spacial score (nSPS) is 22.0. The predicted octanol–water partition coefficient (Wildman–Crippen LogP) is 5.67. The van der Waals surface area contributed by atoms with Crippen LogP contribution in [0.3, 0.4) is 0 Å². The Morgan fingerprint density at radius 1 is 0.926 bits per heavy atom. The standard InChI is InChI=1S/C25H25NO/c1-27-24-14-11-19-9-5-6-10-23(19)25(24)20-15-21-12-13-22(16-20)26(21)17-18-7-3-2-4-8-18/h2-11,14-15,21-22H,12-13,16-17H2,1H3. The first-order valence-corrected chi connectivity index (χ1v) is 9.90. The van der Waals surface area contributed by atoms with E-state index >= 15 is 0 Å². The molecule has 2 nitrogen and oxygen atoms in total. The van der Waals surface area contributed by atoms with E-state index in [9.17, 15) is 0 Å². The summed E-state index contributed by atoms with van der Waals surface area (Å²) in [6.07, 6.45) is 6.16. The Bertz CT molecular complexity index is 992. The lowest BCUT2D eigenvalue weighted by molar-refractivity contribution is 0.203. The Morgan fingerprint density at radius 3 is 2.56 bits per heavy atom. The molecule has 2 aliphatic heterocycles. The molecule has 136 valence electrons. The van der Waals surface area contributed by atoms with E-state index in [1.165, 1.54) is 40.3 Å². The molecule has 3 aromatic rings. The van der Waals surface area contributed by atoms with Crippen molar-refractivity contribution in [3.63, 3.8) is 0 Å². The molecule has 5 rings (SSSR count). The number of ether oxygens (including phenoxy) is 1. The number of fused-ring (bicyclic) bond motifs is 3. The molecule has 0 amide bonds. The molecule has 2 bridgehead atoms. The van der Waals surface area contributed by atoms with Gasteiger partial charge in [0.05, 0.1) is 7.11 Å². The van der Waals surface area contributed by atoms with Gasteiger partial charge in [0.2, 0.25) is 0 Å². The highest BCUT2D eigenvalue weighted by molar-refractivity contribution is 5.97. The van der Waals surface area contributed by atoms with E-state index in [1.54, 1.807) is 7.11 Å². The van der Waals surface area contributed by atoms with Crippen LogP contribution in [0.4, 0.5) is 0 Å². The van der Waals surface area contributed by atoms with Gasteiger partial charge < -0.3 is 4.74 Å². The van der Waals surface area contributed by atoms with Crippen LogP contribution in [0, 0.1) is 0 Å². The molecule has 1 fully saturated rings. The van der Waals surface area contributed by atoms with Crippen LogP contribution in [-0.2, 0) is 6.54 Å². The van der Waals surface area contributed by atoms with Crippen molar-refractivity contribution >= 4 is 16.3 Å². The Morgan fingerprint density at radius 2 is 1.74 bits per heavy atom. The van der Waals surface area contributed by atoms with Gasteiger partial charge in [-0.25, -0.2) is 0 Å². The van der Waals surface area contributed by atoms with Crippen molar-refractivity contribution in [3.05, 3.63) is 83.9 Å². The predicted molar refractivity (Wildman–Crippen MR) is 112 cm³/mol. The van der Waals surface area contributed by atoms with E-state index in [0.29, 0.717) is 12.1 Å². The Hall–Kier alpha value is -2.58. The number of hydrogen-bond acceptors (Lipinski definition) is 2. The molecule has 0 N–H and O–H groups in total. The Labute approximate surface area is 161 Å². The van der Waals surface area contributed by atoms with Crippen LogP contribution in [0.25, 0.3) is 16.3 Å². The third-order valence-electron chi connectivity index (χ3n) is 6.18. The van der Waals surface area contributed by atoms with Gasteiger partial charge in [-0.3, -0.25) is 4.90 Å². The van der Waals surface area contributed by atoms with Crippen LogP contribution in [0.2, 0.25) is 0 Å². The zero-order valence-corrected chi connectivity index (χ0v) is 15.8. The Kier molecular flexibility index (Phi) is 4.21. The lowest BCUT2D eigenvalue weighted by Gasteiger charge is -2.34. The molecule has 0 radical (unpaired) electrons. The van der Waals surface area contributed by atoms with Gasteiger partial charge in [0.25, 0.3) is 0 Å². The number of nitrogens with zero attached hydrogens (tertiary/aromatic N) is 1. The highest BCUT2D eigenvalue weighted by Gasteiger charge is 2.37. The van der Waals surface area contributed by atoms with E-state index < -0.39 is 0 Å². The van der Waals surface area contributed by atoms with Gasteiger partial charge in [0.1, 0.15) is 5.75 Å².